The topological polar surface area (TPSA) is 46.3 Å². The first-order chi connectivity index (χ1) is 10.3. The summed E-state index contributed by atoms with van der Waals surface area (Å²) in [6.07, 6.45) is 1.42. The van der Waals surface area contributed by atoms with Gasteiger partial charge in [-0.05, 0) is 29.7 Å². The standard InChI is InChI=1S/C19H32N2O.ClH/c1-14(2)17(16-9-7-6-8-10-16)13-19(22)21(5)12-11-18(20)15(3)4;/h6-10,14-15,17-18H,11-13,20H2,1-5H3;1H. The minimum atomic E-state index is 0. The molecule has 0 saturated heterocycles. The molecular formula is C19H33ClN2O. The average Bonchev–Trinajstić information content (AvgIpc) is 2.49. The highest BCUT2D eigenvalue weighted by molar-refractivity contribution is 5.85. The third-order valence-electron chi connectivity index (χ3n) is 4.51. The van der Waals surface area contributed by atoms with E-state index in [1.165, 1.54) is 5.56 Å². The maximum Gasteiger partial charge on any atom is 0.222 e. The fourth-order valence-electron chi connectivity index (χ4n) is 2.58. The zero-order valence-corrected chi connectivity index (χ0v) is 16.0. The van der Waals surface area contributed by atoms with E-state index in [1.807, 2.05) is 30.1 Å². The number of rotatable bonds is 8. The zero-order chi connectivity index (χ0) is 16.7. The molecule has 0 bridgehead atoms. The summed E-state index contributed by atoms with van der Waals surface area (Å²) in [6.45, 7) is 9.34. The minimum absolute atomic E-state index is 0. The molecule has 4 heteroatoms. The summed E-state index contributed by atoms with van der Waals surface area (Å²) >= 11 is 0. The molecule has 23 heavy (non-hydrogen) atoms. The molecule has 0 aliphatic carbocycles. The third-order valence-corrected chi connectivity index (χ3v) is 4.51. The highest BCUT2D eigenvalue weighted by atomic mass is 35.5. The number of hydrogen-bond donors (Lipinski definition) is 1. The fourth-order valence-corrected chi connectivity index (χ4v) is 2.58. The molecule has 0 radical (unpaired) electrons. The van der Waals surface area contributed by atoms with Crippen LogP contribution in [0.4, 0.5) is 0 Å². The van der Waals surface area contributed by atoms with Gasteiger partial charge in [-0.3, -0.25) is 4.79 Å². The molecule has 2 N–H and O–H groups in total. The van der Waals surface area contributed by atoms with Gasteiger partial charge >= 0.3 is 0 Å². The van der Waals surface area contributed by atoms with Crippen molar-refractivity contribution in [3.05, 3.63) is 35.9 Å². The number of carbonyl (C=O) groups excluding carboxylic acids is 1. The normalized spacial score (nSPS) is 13.6. The largest absolute Gasteiger partial charge is 0.346 e. The summed E-state index contributed by atoms with van der Waals surface area (Å²) in [6, 6.07) is 10.5. The van der Waals surface area contributed by atoms with E-state index in [4.69, 9.17) is 5.73 Å². The van der Waals surface area contributed by atoms with Crippen molar-refractivity contribution in [3.63, 3.8) is 0 Å². The Balaban J connectivity index is 0.00000484. The molecule has 0 aliphatic rings. The number of benzene rings is 1. The second kappa shape index (κ2) is 10.7. The first kappa shape index (κ1) is 21.9. The van der Waals surface area contributed by atoms with Crippen LogP contribution < -0.4 is 5.73 Å². The predicted molar refractivity (Wildman–Crippen MR) is 101 cm³/mol. The summed E-state index contributed by atoms with van der Waals surface area (Å²) < 4.78 is 0. The molecule has 0 fully saturated rings. The van der Waals surface area contributed by atoms with Crippen LogP contribution in [0.5, 0.6) is 0 Å². The molecule has 0 heterocycles. The molecule has 1 aromatic carbocycles. The summed E-state index contributed by atoms with van der Waals surface area (Å²) in [5.74, 6) is 1.38. The first-order valence-electron chi connectivity index (χ1n) is 8.37. The highest BCUT2D eigenvalue weighted by Gasteiger charge is 2.21. The van der Waals surface area contributed by atoms with Crippen LogP contribution in [0.25, 0.3) is 0 Å². The van der Waals surface area contributed by atoms with Crippen LogP contribution in [0, 0.1) is 11.8 Å². The number of halogens is 1. The Kier molecular flexibility index (Phi) is 10.2. The molecule has 2 atom stereocenters. The molecule has 1 rings (SSSR count). The molecule has 0 aromatic heterocycles. The van der Waals surface area contributed by atoms with Gasteiger partial charge in [0.15, 0.2) is 0 Å². The highest BCUT2D eigenvalue weighted by Crippen LogP contribution is 2.28. The zero-order valence-electron chi connectivity index (χ0n) is 15.2. The fraction of sp³-hybridized carbons (Fsp3) is 0.632. The maximum absolute atomic E-state index is 12.5. The number of nitrogens with two attached hydrogens (primary N) is 1. The lowest BCUT2D eigenvalue weighted by Gasteiger charge is -2.26. The monoisotopic (exact) mass is 340 g/mol. The van der Waals surface area contributed by atoms with Crippen molar-refractivity contribution in [2.45, 2.75) is 52.5 Å². The van der Waals surface area contributed by atoms with Crippen LogP contribution in [-0.2, 0) is 4.79 Å². The smallest absolute Gasteiger partial charge is 0.222 e. The quantitative estimate of drug-likeness (QED) is 0.775. The molecule has 0 spiro atoms. The second-order valence-corrected chi connectivity index (χ2v) is 6.98. The predicted octanol–water partition coefficient (Wildman–Crippen LogP) is 4.07. The van der Waals surface area contributed by atoms with E-state index >= 15 is 0 Å². The molecule has 1 aromatic rings. The number of hydrogen-bond acceptors (Lipinski definition) is 2. The molecule has 3 nitrogen and oxygen atoms in total. The van der Waals surface area contributed by atoms with Gasteiger partial charge in [0.05, 0.1) is 0 Å². The Morgan fingerprint density at radius 3 is 2.13 bits per heavy atom. The van der Waals surface area contributed by atoms with Gasteiger partial charge in [-0.1, -0.05) is 58.0 Å². The summed E-state index contributed by atoms with van der Waals surface area (Å²) in [5.41, 5.74) is 7.32. The Morgan fingerprint density at radius 2 is 1.65 bits per heavy atom. The van der Waals surface area contributed by atoms with E-state index in [1.54, 1.807) is 0 Å². The van der Waals surface area contributed by atoms with Crippen molar-refractivity contribution in [2.24, 2.45) is 17.6 Å². The summed E-state index contributed by atoms with van der Waals surface area (Å²) in [7, 11) is 1.89. The Hall–Kier alpha value is -1.06. The maximum atomic E-state index is 12.5. The SMILES string of the molecule is CC(C)C(N)CCN(C)C(=O)CC(c1ccccc1)C(C)C.Cl. The van der Waals surface area contributed by atoms with Crippen LogP contribution in [0.2, 0.25) is 0 Å². The molecule has 0 aliphatic heterocycles. The van der Waals surface area contributed by atoms with Crippen molar-refractivity contribution in [1.82, 2.24) is 4.90 Å². The van der Waals surface area contributed by atoms with Crippen LogP contribution in [0.1, 0.15) is 52.0 Å². The van der Waals surface area contributed by atoms with Crippen molar-refractivity contribution < 1.29 is 4.79 Å². The van der Waals surface area contributed by atoms with E-state index in [9.17, 15) is 4.79 Å². The minimum Gasteiger partial charge on any atom is -0.346 e. The van der Waals surface area contributed by atoms with Gasteiger partial charge in [0, 0.05) is 26.1 Å². The van der Waals surface area contributed by atoms with E-state index in [0.717, 1.165) is 13.0 Å². The van der Waals surface area contributed by atoms with Crippen molar-refractivity contribution in [2.75, 3.05) is 13.6 Å². The molecule has 1 amide bonds. The van der Waals surface area contributed by atoms with E-state index < -0.39 is 0 Å². The second-order valence-electron chi connectivity index (χ2n) is 6.98. The average molecular weight is 341 g/mol. The Labute approximate surface area is 148 Å². The van der Waals surface area contributed by atoms with E-state index in [0.29, 0.717) is 18.3 Å². The Bertz CT molecular complexity index is 448. The van der Waals surface area contributed by atoms with Crippen molar-refractivity contribution in [3.8, 4) is 0 Å². The van der Waals surface area contributed by atoms with E-state index in [-0.39, 0.29) is 30.3 Å². The number of nitrogens with zero attached hydrogens (tertiary/aromatic N) is 1. The lowest BCUT2D eigenvalue weighted by atomic mass is 9.85. The van der Waals surface area contributed by atoms with Gasteiger partial charge in [0.1, 0.15) is 0 Å². The van der Waals surface area contributed by atoms with Gasteiger partial charge in [-0.15, -0.1) is 12.4 Å². The summed E-state index contributed by atoms with van der Waals surface area (Å²) in [4.78, 5) is 14.3. The van der Waals surface area contributed by atoms with Gasteiger partial charge in [0.2, 0.25) is 5.91 Å². The van der Waals surface area contributed by atoms with Gasteiger partial charge in [0.25, 0.3) is 0 Å². The number of carbonyl (C=O) groups is 1. The number of amides is 1. The van der Waals surface area contributed by atoms with Gasteiger partial charge in [-0.25, -0.2) is 0 Å². The van der Waals surface area contributed by atoms with Crippen LogP contribution >= 0.6 is 12.4 Å². The molecule has 132 valence electrons. The van der Waals surface area contributed by atoms with Gasteiger partial charge in [-0.2, -0.15) is 0 Å². The van der Waals surface area contributed by atoms with Crippen molar-refractivity contribution >= 4 is 18.3 Å². The lowest BCUT2D eigenvalue weighted by molar-refractivity contribution is -0.130. The van der Waals surface area contributed by atoms with Crippen molar-refractivity contribution in [1.29, 1.82) is 0 Å². The van der Waals surface area contributed by atoms with Crippen LogP contribution in [0.3, 0.4) is 0 Å². The first-order valence-corrected chi connectivity index (χ1v) is 8.37. The molecule has 2 unspecified atom stereocenters. The van der Waals surface area contributed by atoms with Gasteiger partial charge < -0.3 is 10.6 Å². The molecule has 0 saturated carbocycles. The Morgan fingerprint density at radius 1 is 1.09 bits per heavy atom. The van der Waals surface area contributed by atoms with Crippen LogP contribution in [0.15, 0.2) is 30.3 Å². The van der Waals surface area contributed by atoms with E-state index in [2.05, 4.69) is 39.8 Å². The lowest BCUT2D eigenvalue weighted by Crippen LogP contribution is -2.35. The third kappa shape index (κ3) is 7.36. The van der Waals surface area contributed by atoms with Crippen LogP contribution in [-0.4, -0.2) is 30.4 Å². The summed E-state index contributed by atoms with van der Waals surface area (Å²) in [5, 5.41) is 0. The molecular weight excluding hydrogens is 308 g/mol.